The van der Waals surface area contributed by atoms with E-state index in [2.05, 4.69) is 9.97 Å². The lowest BCUT2D eigenvalue weighted by molar-refractivity contribution is -0.385. The molecule has 1 aliphatic rings. The Morgan fingerprint density at radius 2 is 2.11 bits per heavy atom. The quantitative estimate of drug-likeness (QED) is 0.565. The number of aromatic amines is 1. The molecule has 1 fully saturated rings. The van der Waals surface area contributed by atoms with Gasteiger partial charge in [-0.15, -0.1) is 0 Å². The highest BCUT2D eigenvalue weighted by atomic mass is 16.6. The molecule has 7 nitrogen and oxygen atoms in total. The Bertz CT molecular complexity index is 994. The van der Waals surface area contributed by atoms with E-state index >= 15 is 0 Å². The van der Waals surface area contributed by atoms with Gasteiger partial charge in [-0.05, 0) is 44.0 Å². The second-order valence-corrected chi connectivity index (χ2v) is 6.99. The van der Waals surface area contributed by atoms with Crippen LogP contribution in [-0.2, 0) is 0 Å². The Balaban J connectivity index is 1.54. The monoisotopic (exact) mass is 364 g/mol. The van der Waals surface area contributed by atoms with Gasteiger partial charge in [0.15, 0.2) is 0 Å². The third-order valence-electron chi connectivity index (χ3n) is 5.14. The lowest BCUT2D eigenvalue weighted by atomic mass is 9.96. The predicted molar refractivity (Wildman–Crippen MR) is 102 cm³/mol. The molecule has 3 aromatic rings. The number of piperidine rings is 1. The molecule has 1 atom stereocenters. The van der Waals surface area contributed by atoms with Crippen molar-refractivity contribution < 1.29 is 9.72 Å². The first-order valence-electron chi connectivity index (χ1n) is 9.02. The fourth-order valence-electron chi connectivity index (χ4n) is 3.73. The molecule has 138 valence electrons. The average Bonchev–Trinajstić information content (AvgIpc) is 3.11. The van der Waals surface area contributed by atoms with Crippen LogP contribution in [0.25, 0.3) is 11.0 Å². The van der Waals surface area contributed by atoms with E-state index < -0.39 is 4.92 Å². The molecule has 0 aliphatic carbocycles. The number of amides is 1. The van der Waals surface area contributed by atoms with Crippen LogP contribution in [0.4, 0.5) is 5.69 Å². The summed E-state index contributed by atoms with van der Waals surface area (Å²) < 4.78 is 0. The molecule has 1 aliphatic heterocycles. The maximum atomic E-state index is 12.9. The number of nitrogens with one attached hydrogen (secondary N) is 1. The number of aromatic nitrogens is 2. The number of carbonyl (C=O) groups is 1. The second kappa shape index (κ2) is 6.83. The van der Waals surface area contributed by atoms with Crippen molar-refractivity contribution in [3.05, 3.63) is 69.5 Å². The molecule has 0 saturated carbocycles. The topological polar surface area (TPSA) is 92.1 Å². The van der Waals surface area contributed by atoms with Crippen molar-refractivity contribution in [2.45, 2.75) is 25.7 Å². The van der Waals surface area contributed by atoms with E-state index in [1.807, 2.05) is 29.2 Å². The number of aryl methyl sites for hydroxylation is 1. The van der Waals surface area contributed by atoms with E-state index in [9.17, 15) is 14.9 Å². The maximum Gasteiger partial charge on any atom is 0.272 e. The Kier molecular flexibility index (Phi) is 4.35. The van der Waals surface area contributed by atoms with Crippen LogP contribution in [-0.4, -0.2) is 38.8 Å². The number of hydrogen-bond donors (Lipinski definition) is 1. The number of fused-ring (bicyclic) bond motifs is 1. The number of nitrogens with zero attached hydrogens (tertiary/aromatic N) is 3. The van der Waals surface area contributed by atoms with Gasteiger partial charge >= 0.3 is 0 Å². The minimum absolute atomic E-state index is 0.0327. The van der Waals surface area contributed by atoms with Gasteiger partial charge in [0.1, 0.15) is 5.82 Å². The highest BCUT2D eigenvalue weighted by Crippen LogP contribution is 2.28. The first-order chi connectivity index (χ1) is 13.0. The summed E-state index contributed by atoms with van der Waals surface area (Å²) >= 11 is 0. The van der Waals surface area contributed by atoms with Crippen LogP contribution in [0.2, 0.25) is 0 Å². The predicted octanol–water partition coefficient (Wildman–Crippen LogP) is 3.80. The number of hydrogen-bond acceptors (Lipinski definition) is 4. The lowest BCUT2D eigenvalue weighted by Crippen LogP contribution is -2.39. The molecule has 1 N–H and O–H groups in total. The van der Waals surface area contributed by atoms with Crippen molar-refractivity contribution in [2.75, 3.05) is 13.1 Å². The van der Waals surface area contributed by atoms with E-state index in [1.165, 1.54) is 12.1 Å². The number of nitro groups is 1. The molecule has 0 spiro atoms. The minimum atomic E-state index is -0.428. The van der Waals surface area contributed by atoms with E-state index in [4.69, 9.17) is 0 Å². The maximum absolute atomic E-state index is 12.9. The number of likely N-dealkylation sites (tertiary alicyclic amines) is 1. The van der Waals surface area contributed by atoms with Crippen molar-refractivity contribution in [3.8, 4) is 0 Å². The van der Waals surface area contributed by atoms with E-state index in [0.29, 0.717) is 24.2 Å². The molecule has 2 heterocycles. The van der Waals surface area contributed by atoms with Gasteiger partial charge in [-0.1, -0.05) is 12.1 Å². The Morgan fingerprint density at radius 1 is 1.30 bits per heavy atom. The fourth-order valence-corrected chi connectivity index (χ4v) is 3.73. The Labute approximate surface area is 156 Å². The van der Waals surface area contributed by atoms with E-state index in [-0.39, 0.29) is 17.5 Å². The molecule has 27 heavy (non-hydrogen) atoms. The third kappa shape index (κ3) is 3.28. The molecular weight excluding hydrogens is 344 g/mol. The number of benzene rings is 2. The lowest BCUT2D eigenvalue weighted by Gasteiger charge is -2.32. The molecule has 7 heteroatoms. The molecule has 1 saturated heterocycles. The zero-order valence-electron chi connectivity index (χ0n) is 15.0. The van der Waals surface area contributed by atoms with Gasteiger partial charge < -0.3 is 9.88 Å². The number of imidazole rings is 1. The smallest absolute Gasteiger partial charge is 0.272 e. The summed E-state index contributed by atoms with van der Waals surface area (Å²) in [5.74, 6) is 0.983. The molecule has 0 unspecified atom stereocenters. The van der Waals surface area contributed by atoms with Crippen molar-refractivity contribution in [2.24, 2.45) is 0 Å². The van der Waals surface area contributed by atoms with E-state index in [0.717, 1.165) is 29.7 Å². The first-order valence-corrected chi connectivity index (χ1v) is 9.02. The molecule has 0 radical (unpaired) electrons. The molecule has 4 rings (SSSR count). The molecule has 1 amide bonds. The molecule has 2 aromatic carbocycles. The molecular formula is C20H20N4O3. The third-order valence-corrected chi connectivity index (χ3v) is 5.14. The SMILES string of the molecule is Cc1cc(C(=O)N2CCC[C@H](c3nc4ccccc4[nH]3)C2)ccc1[N+](=O)[O-]. The molecule has 1 aromatic heterocycles. The summed E-state index contributed by atoms with van der Waals surface area (Å²) in [7, 11) is 0. The summed E-state index contributed by atoms with van der Waals surface area (Å²) in [6.45, 7) is 2.93. The van der Waals surface area contributed by atoms with Gasteiger partial charge in [-0.2, -0.15) is 0 Å². The molecule has 0 bridgehead atoms. The van der Waals surface area contributed by atoms with Gasteiger partial charge in [0.05, 0.1) is 16.0 Å². The largest absolute Gasteiger partial charge is 0.342 e. The van der Waals surface area contributed by atoms with Gasteiger partial charge in [-0.3, -0.25) is 14.9 Å². The van der Waals surface area contributed by atoms with Crippen LogP contribution >= 0.6 is 0 Å². The Hall–Kier alpha value is -3.22. The minimum Gasteiger partial charge on any atom is -0.342 e. The average molecular weight is 364 g/mol. The van der Waals surface area contributed by atoms with Crippen LogP contribution in [0.5, 0.6) is 0 Å². The first kappa shape index (κ1) is 17.2. The Morgan fingerprint density at radius 3 is 2.85 bits per heavy atom. The van der Waals surface area contributed by atoms with Gasteiger partial charge in [0.2, 0.25) is 0 Å². The summed E-state index contributed by atoms with van der Waals surface area (Å²) in [6.07, 6.45) is 1.88. The number of rotatable bonds is 3. The van der Waals surface area contributed by atoms with Crippen molar-refractivity contribution in [1.82, 2.24) is 14.9 Å². The van der Waals surface area contributed by atoms with Gasteiger partial charge in [-0.25, -0.2) is 4.98 Å². The fraction of sp³-hybridized carbons (Fsp3) is 0.300. The number of para-hydroxylation sites is 2. The van der Waals surface area contributed by atoms with Crippen LogP contribution in [0.15, 0.2) is 42.5 Å². The zero-order valence-corrected chi connectivity index (χ0v) is 15.0. The van der Waals surface area contributed by atoms with Crippen LogP contribution in [0.3, 0.4) is 0 Å². The summed E-state index contributed by atoms with van der Waals surface area (Å²) in [5.41, 5.74) is 2.95. The normalized spacial score (nSPS) is 17.2. The summed E-state index contributed by atoms with van der Waals surface area (Å²) in [5, 5.41) is 11.0. The number of H-pyrrole nitrogens is 1. The highest BCUT2D eigenvalue weighted by Gasteiger charge is 2.28. The number of carbonyl (C=O) groups excluding carboxylic acids is 1. The van der Waals surface area contributed by atoms with Crippen molar-refractivity contribution in [1.29, 1.82) is 0 Å². The van der Waals surface area contributed by atoms with Crippen molar-refractivity contribution in [3.63, 3.8) is 0 Å². The van der Waals surface area contributed by atoms with E-state index in [1.54, 1.807) is 13.0 Å². The second-order valence-electron chi connectivity index (χ2n) is 6.99. The standard InChI is InChI=1S/C20H20N4O3/c1-13-11-14(8-9-18(13)24(26)27)20(25)23-10-4-5-15(12-23)19-21-16-6-2-3-7-17(16)22-19/h2-3,6-9,11,15H,4-5,10,12H2,1H3,(H,21,22)/t15-/m0/s1. The number of nitro benzene ring substituents is 1. The van der Waals surface area contributed by atoms with Crippen LogP contribution in [0.1, 0.15) is 40.5 Å². The van der Waals surface area contributed by atoms with Gasteiger partial charge in [0, 0.05) is 36.2 Å². The highest BCUT2D eigenvalue weighted by molar-refractivity contribution is 5.94. The van der Waals surface area contributed by atoms with Gasteiger partial charge in [0.25, 0.3) is 11.6 Å². The summed E-state index contributed by atoms with van der Waals surface area (Å²) in [6, 6.07) is 12.4. The van der Waals surface area contributed by atoms with Crippen LogP contribution in [0, 0.1) is 17.0 Å². The van der Waals surface area contributed by atoms with Crippen molar-refractivity contribution >= 4 is 22.6 Å². The zero-order chi connectivity index (χ0) is 19.0. The summed E-state index contributed by atoms with van der Waals surface area (Å²) in [4.78, 5) is 33.3. The van der Waals surface area contributed by atoms with Crippen LogP contribution < -0.4 is 0 Å².